The van der Waals surface area contributed by atoms with Crippen LogP contribution in [0.25, 0.3) is 22.1 Å². The lowest BCUT2D eigenvalue weighted by Gasteiger charge is -2.19. The van der Waals surface area contributed by atoms with Gasteiger partial charge < -0.3 is 20.4 Å². The number of hydrogen-bond acceptors (Lipinski definition) is 7. The van der Waals surface area contributed by atoms with Gasteiger partial charge in [-0.3, -0.25) is 0 Å². The summed E-state index contributed by atoms with van der Waals surface area (Å²) in [5, 5.41) is 17.3. The number of nitrogens with zero attached hydrogens (tertiary/aromatic N) is 5. The summed E-state index contributed by atoms with van der Waals surface area (Å²) in [6.07, 6.45) is 3.96. The zero-order valence-electron chi connectivity index (χ0n) is 16.9. The monoisotopic (exact) mass is 443 g/mol. The van der Waals surface area contributed by atoms with Gasteiger partial charge in [-0.15, -0.1) is 0 Å². The van der Waals surface area contributed by atoms with Crippen molar-refractivity contribution >= 4 is 51.2 Å². The summed E-state index contributed by atoms with van der Waals surface area (Å²) < 4.78 is 0.811. The van der Waals surface area contributed by atoms with Gasteiger partial charge >= 0.3 is 0 Å². The molecule has 0 aromatic carbocycles. The fourth-order valence-electron chi connectivity index (χ4n) is 3.23. The summed E-state index contributed by atoms with van der Waals surface area (Å²) >= 11 is 7.99. The molecule has 10 heteroatoms. The molecule has 30 heavy (non-hydrogen) atoms. The van der Waals surface area contributed by atoms with Gasteiger partial charge in [-0.1, -0.05) is 18.5 Å². The summed E-state index contributed by atoms with van der Waals surface area (Å²) in [6.45, 7) is 3.62. The maximum atomic E-state index is 12.1. The Kier molecular flexibility index (Phi) is 5.94. The van der Waals surface area contributed by atoms with Gasteiger partial charge in [0.15, 0.2) is 11.4 Å². The van der Waals surface area contributed by atoms with Crippen LogP contribution in [-0.4, -0.2) is 47.1 Å². The maximum absolute atomic E-state index is 12.1. The van der Waals surface area contributed by atoms with Gasteiger partial charge in [-0.05, 0) is 31.3 Å². The molecule has 0 aliphatic carbocycles. The number of nitrogens with one attached hydrogen (secondary N) is 2. The van der Waals surface area contributed by atoms with E-state index in [0.29, 0.717) is 26.9 Å². The topological polar surface area (TPSA) is 96.7 Å². The Morgan fingerprint density at radius 1 is 1.37 bits per heavy atom. The van der Waals surface area contributed by atoms with Crippen molar-refractivity contribution in [2.45, 2.75) is 23.4 Å². The average Bonchev–Trinajstić information content (AvgIpc) is 3.07. The third-order valence-corrected chi connectivity index (χ3v) is 6.07. The molecule has 0 fully saturated rings. The van der Waals surface area contributed by atoms with Crippen LogP contribution < -0.4 is 14.9 Å². The minimum atomic E-state index is 0.506. The predicted molar refractivity (Wildman–Crippen MR) is 120 cm³/mol. The number of hydrogen-bond donors (Lipinski definition) is 2. The largest absolute Gasteiger partial charge is 0.618 e. The lowest BCUT2D eigenvalue weighted by molar-refractivity contribution is -0.577. The fourth-order valence-corrected chi connectivity index (χ4v) is 4.34. The zero-order valence-corrected chi connectivity index (χ0v) is 18.5. The van der Waals surface area contributed by atoms with Crippen LogP contribution in [0, 0.1) is 5.21 Å². The van der Waals surface area contributed by atoms with Gasteiger partial charge in [-0.2, -0.15) is 4.73 Å². The van der Waals surface area contributed by atoms with Crippen LogP contribution in [0.3, 0.4) is 0 Å². The molecule has 0 saturated heterocycles. The van der Waals surface area contributed by atoms with Gasteiger partial charge in [-0.25, -0.2) is 15.0 Å². The zero-order chi connectivity index (χ0) is 21.3. The molecule has 0 aliphatic rings. The summed E-state index contributed by atoms with van der Waals surface area (Å²) in [6, 6.07) is 5.29. The van der Waals surface area contributed by atoms with Crippen molar-refractivity contribution in [3.63, 3.8) is 0 Å². The van der Waals surface area contributed by atoms with Crippen LogP contribution in [0.1, 0.15) is 12.6 Å². The van der Waals surface area contributed by atoms with Crippen LogP contribution in [0.15, 0.2) is 40.6 Å². The Morgan fingerprint density at radius 3 is 2.97 bits per heavy atom. The molecule has 0 atom stereocenters. The number of H-pyrrole nitrogens is 1. The van der Waals surface area contributed by atoms with Crippen LogP contribution in [0.4, 0.5) is 5.82 Å². The first kappa shape index (κ1) is 20.6. The molecule has 4 rings (SSSR count). The minimum Gasteiger partial charge on any atom is -0.618 e. The molecule has 4 aromatic rings. The molecule has 0 radical (unpaired) electrons. The van der Waals surface area contributed by atoms with Crippen molar-refractivity contribution in [1.29, 1.82) is 0 Å². The smallest absolute Gasteiger partial charge is 0.243 e. The second kappa shape index (κ2) is 8.63. The molecule has 0 amide bonds. The predicted octanol–water partition coefficient (Wildman–Crippen LogP) is 3.16. The normalized spacial score (nSPS) is 11.5. The number of aromatic nitrogens is 5. The van der Waals surface area contributed by atoms with Crippen molar-refractivity contribution in [1.82, 2.24) is 25.3 Å². The van der Waals surface area contributed by atoms with Crippen molar-refractivity contribution in [3.05, 3.63) is 46.5 Å². The van der Waals surface area contributed by atoms with E-state index < -0.39 is 0 Å². The quantitative estimate of drug-likeness (QED) is 0.257. The van der Waals surface area contributed by atoms with Crippen LogP contribution in [0.2, 0.25) is 5.02 Å². The maximum Gasteiger partial charge on any atom is 0.243 e. The molecule has 0 bridgehead atoms. The molecule has 4 heterocycles. The van der Waals surface area contributed by atoms with Crippen molar-refractivity contribution in [2.75, 3.05) is 32.1 Å². The number of likely N-dealkylation sites (N-methyl/N-ethyl adjacent to an activating group) is 2. The molecule has 0 unspecified atom stereocenters. The first-order valence-electron chi connectivity index (χ1n) is 9.61. The molecule has 8 nitrogen and oxygen atoms in total. The number of fused-ring (bicyclic) bond motifs is 2. The molecule has 4 aromatic heterocycles. The first-order chi connectivity index (χ1) is 14.5. The third-order valence-electron chi connectivity index (χ3n) is 4.83. The lowest BCUT2D eigenvalue weighted by Crippen LogP contribution is -2.28. The van der Waals surface area contributed by atoms with Gasteiger partial charge in [0.2, 0.25) is 5.52 Å². The van der Waals surface area contributed by atoms with Gasteiger partial charge in [0.25, 0.3) is 0 Å². The van der Waals surface area contributed by atoms with E-state index in [4.69, 9.17) is 16.6 Å². The van der Waals surface area contributed by atoms with Crippen molar-refractivity contribution in [2.24, 2.45) is 0 Å². The Hall–Kier alpha value is -2.62. The Balaban J connectivity index is 1.78. The van der Waals surface area contributed by atoms with Gasteiger partial charge in [0.1, 0.15) is 17.0 Å². The van der Waals surface area contributed by atoms with Crippen LogP contribution >= 0.6 is 23.4 Å². The highest BCUT2D eigenvalue weighted by atomic mass is 35.5. The highest BCUT2D eigenvalue weighted by Gasteiger charge is 2.20. The van der Waals surface area contributed by atoms with E-state index in [0.717, 1.165) is 46.0 Å². The van der Waals surface area contributed by atoms with E-state index in [1.165, 1.54) is 18.0 Å². The van der Waals surface area contributed by atoms with Crippen molar-refractivity contribution < 1.29 is 4.73 Å². The molecule has 2 N–H and O–H groups in total. The Bertz CT molecular complexity index is 1210. The summed E-state index contributed by atoms with van der Waals surface area (Å²) in [5.41, 5.74) is 2.79. The number of anilines is 1. The lowest BCUT2D eigenvalue weighted by atomic mass is 10.3. The minimum absolute atomic E-state index is 0.506. The summed E-state index contributed by atoms with van der Waals surface area (Å²) in [7, 11) is 3.90. The molecule has 0 saturated carbocycles. The van der Waals surface area contributed by atoms with Crippen LogP contribution in [0.5, 0.6) is 0 Å². The standard InChI is InChI=1S/C20H22ClN7OS/c1-4-13-17(21)16-18(24-13)25-20(26-19(16)27(3)9-7-22-2)30-12-10-15-14(23-11-12)6-5-8-28(15)29/h5-6,8,10-11,22H,4,7,9H2,1-3H3,(H,24,25,26). The molecule has 0 spiro atoms. The molecular weight excluding hydrogens is 422 g/mol. The number of aryl methyl sites for hydroxylation is 1. The van der Waals surface area contributed by atoms with E-state index in [-0.39, 0.29) is 0 Å². The highest BCUT2D eigenvalue weighted by molar-refractivity contribution is 7.99. The fraction of sp³-hybridized carbons (Fsp3) is 0.300. The molecule has 0 aliphatic heterocycles. The Morgan fingerprint density at radius 2 is 2.20 bits per heavy atom. The van der Waals surface area contributed by atoms with E-state index in [9.17, 15) is 5.21 Å². The van der Waals surface area contributed by atoms with Crippen LogP contribution in [-0.2, 0) is 6.42 Å². The summed E-state index contributed by atoms with van der Waals surface area (Å²) in [4.78, 5) is 20.0. The van der Waals surface area contributed by atoms with E-state index in [1.807, 2.05) is 27.1 Å². The number of pyridine rings is 2. The Labute approximate surface area is 183 Å². The number of aromatic amines is 1. The van der Waals surface area contributed by atoms with E-state index >= 15 is 0 Å². The van der Waals surface area contributed by atoms with E-state index in [1.54, 1.807) is 18.3 Å². The SMILES string of the molecule is CCc1[nH]c2nc(Sc3cnc4ccc[n+]([O-])c4c3)nc(N(C)CCNC)c2c1Cl. The second-order valence-corrected chi connectivity index (χ2v) is 8.28. The first-order valence-corrected chi connectivity index (χ1v) is 10.8. The number of rotatable bonds is 7. The highest BCUT2D eigenvalue weighted by Crippen LogP contribution is 2.36. The van der Waals surface area contributed by atoms with Gasteiger partial charge in [0, 0.05) is 49.1 Å². The molecule has 156 valence electrons. The van der Waals surface area contributed by atoms with E-state index in [2.05, 4.69) is 25.2 Å². The van der Waals surface area contributed by atoms with Gasteiger partial charge in [0.05, 0.1) is 10.4 Å². The summed E-state index contributed by atoms with van der Waals surface area (Å²) in [5.74, 6) is 0.770. The third kappa shape index (κ3) is 3.88. The number of halogens is 1. The molecular formula is C20H22ClN7OS. The van der Waals surface area contributed by atoms with Crippen molar-refractivity contribution in [3.8, 4) is 0 Å². The average molecular weight is 444 g/mol. The second-order valence-electron chi connectivity index (χ2n) is 6.86.